The lowest BCUT2D eigenvalue weighted by atomic mass is 9.53. The number of amides is 1. The van der Waals surface area contributed by atoms with Gasteiger partial charge in [0.1, 0.15) is 0 Å². The number of benzene rings is 1. The molecule has 0 bridgehead atoms. The van der Waals surface area contributed by atoms with Crippen molar-refractivity contribution >= 4 is 29.2 Å². The number of hydrogen-bond donors (Lipinski definition) is 0. The predicted molar refractivity (Wildman–Crippen MR) is 108 cm³/mol. The van der Waals surface area contributed by atoms with E-state index < -0.39 is 5.41 Å². The van der Waals surface area contributed by atoms with Crippen LogP contribution in [0.15, 0.2) is 12.1 Å². The summed E-state index contributed by atoms with van der Waals surface area (Å²) in [6, 6.07) is 4.11. The zero-order valence-corrected chi connectivity index (χ0v) is 17.9. The maximum atomic E-state index is 13.1. The molecule has 5 heteroatoms. The smallest absolute Gasteiger partial charge is 0.311 e. The number of carbonyl (C=O) groups excluding carboxylic acids is 2. The highest BCUT2D eigenvalue weighted by atomic mass is 35.5. The van der Waals surface area contributed by atoms with Crippen LogP contribution in [0.25, 0.3) is 0 Å². The first kappa shape index (κ1) is 20.2. The van der Waals surface area contributed by atoms with Crippen LogP contribution in [-0.2, 0) is 19.7 Å². The molecule has 0 N–H and O–H groups in total. The molecule has 1 amide bonds. The van der Waals surface area contributed by atoms with Crippen LogP contribution in [0.5, 0.6) is 0 Å². The monoisotopic (exact) mass is 391 g/mol. The van der Waals surface area contributed by atoms with Crippen LogP contribution < -0.4 is 4.90 Å². The molecular weight excluding hydrogens is 362 g/mol. The lowest BCUT2D eigenvalue weighted by molar-refractivity contribution is -0.161. The summed E-state index contributed by atoms with van der Waals surface area (Å²) >= 11 is 6.65. The van der Waals surface area contributed by atoms with E-state index in [1.807, 2.05) is 20.0 Å². The maximum absolute atomic E-state index is 13.1. The average Bonchev–Trinajstić information content (AvgIpc) is 2.69. The van der Waals surface area contributed by atoms with Gasteiger partial charge in [0.15, 0.2) is 0 Å². The number of esters is 1. The Kier molecular flexibility index (Phi) is 5.09. The highest BCUT2D eigenvalue weighted by molar-refractivity contribution is 6.31. The van der Waals surface area contributed by atoms with Crippen molar-refractivity contribution in [1.29, 1.82) is 0 Å². The van der Waals surface area contributed by atoms with Gasteiger partial charge in [0.25, 0.3) is 0 Å². The third-order valence-electron chi connectivity index (χ3n) is 7.05. The Labute approximate surface area is 167 Å². The SMILES string of the molecule is COC(=O)[C@]1(C)CCC[C@]2(C)c3cc(Cl)c(C(C)C)cc3N(C)C(=O)C[C@@H]12. The number of nitrogens with zero attached hydrogens (tertiary/aromatic N) is 1. The Bertz CT molecular complexity index is 790. The van der Waals surface area contributed by atoms with Gasteiger partial charge in [-0.15, -0.1) is 0 Å². The minimum absolute atomic E-state index is 0.0408. The van der Waals surface area contributed by atoms with Crippen molar-refractivity contribution in [2.45, 2.75) is 64.7 Å². The molecule has 1 aromatic rings. The molecule has 2 aliphatic rings. The largest absolute Gasteiger partial charge is 0.469 e. The van der Waals surface area contributed by atoms with E-state index in [4.69, 9.17) is 16.3 Å². The Morgan fingerprint density at radius 1 is 1.30 bits per heavy atom. The predicted octanol–water partition coefficient (Wildman–Crippen LogP) is 5.07. The Hall–Kier alpha value is -1.55. The molecule has 1 saturated carbocycles. The summed E-state index contributed by atoms with van der Waals surface area (Å²) in [5.41, 5.74) is 2.06. The molecule has 1 aliphatic carbocycles. The zero-order valence-electron chi connectivity index (χ0n) is 17.2. The van der Waals surface area contributed by atoms with E-state index in [9.17, 15) is 9.59 Å². The average molecular weight is 392 g/mol. The quantitative estimate of drug-likeness (QED) is 0.661. The molecule has 1 fully saturated rings. The fraction of sp³-hybridized carbons (Fsp3) is 0.636. The van der Waals surface area contributed by atoms with Gasteiger partial charge in [0.2, 0.25) is 5.91 Å². The van der Waals surface area contributed by atoms with Gasteiger partial charge in [-0.3, -0.25) is 9.59 Å². The van der Waals surface area contributed by atoms with Crippen molar-refractivity contribution in [3.63, 3.8) is 0 Å². The summed E-state index contributed by atoms with van der Waals surface area (Å²) in [6.45, 7) is 8.36. The summed E-state index contributed by atoms with van der Waals surface area (Å²) in [4.78, 5) is 27.6. The van der Waals surface area contributed by atoms with Crippen molar-refractivity contribution in [3.05, 3.63) is 28.3 Å². The summed E-state index contributed by atoms with van der Waals surface area (Å²) in [7, 11) is 3.26. The molecular formula is C22H30ClNO3. The highest BCUT2D eigenvalue weighted by Crippen LogP contribution is 2.58. The van der Waals surface area contributed by atoms with Crippen LogP contribution in [0.1, 0.15) is 70.4 Å². The fourth-order valence-electron chi connectivity index (χ4n) is 5.33. The number of rotatable bonds is 2. The second-order valence-electron chi connectivity index (χ2n) is 8.94. The van der Waals surface area contributed by atoms with E-state index >= 15 is 0 Å². The summed E-state index contributed by atoms with van der Waals surface area (Å²) in [5, 5.41) is 0.733. The standard InChI is InChI=1S/C22H30ClNO3/c1-13(2)14-10-17-15(11-16(14)23)21(3)8-7-9-22(4,20(26)27-6)18(21)12-19(25)24(17)5/h10-11,13,18H,7-9,12H2,1-6H3/t18-,21-,22-/m1/s1. The van der Waals surface area contributed by atoms with Gasteiger partial charge in [-0.1, -0.05) is 38.8 Å². The summed E-state index contributed by atoms with van der Waals surface area (Å²) < 4.78 is 5.16. The van der Waals surface area contributed by atoms with E-state index in [1.165, 1.54) is 7.11 Å². The lowest BCUT2D eigenvalue weighted by Gasteiger charge is -2.50. The van der Waals surface area contributed by atoms with E-state index in [-0.39, 0.29) is 29.1 Å². The molecule has 4 nitrogen and oxygen atoms in total. The number of methoxy groups -OCH3 is 1. The first-order valence-electron chi connectivity index (χ1n) is 9.75. The summed E-state index contributed by atoms with van der Waals surface area (Å²) in [5.74, 6) is -0.0329. The minimum atomic E-state index is -0.678. The third-order valence-corrected chi connectivity index (χ3v) is 7.38. The van der Waals surface area contributed by atoms with Gasteiger partial charge >= 0.3 is 5.97 Å². The molecule has 0 radical (unpaired) electrons. The lowest BCUT2D eigenvalue weighted by Crippen LogP contribution is -2.51. The van der Waals surface area contributed by atoms with Crippen molar-refractivity contribution in [2.75, 3.05) is 19.1 Å². The molecule has 0 saturated heterocycles. The van der Waals surface area contributed by atoms with Gasteiger partial charge in [-0.2, -0.15) is 0 Å². The van der Waals surface area contributed by atoms with Crippen LogP contribution in [0, 0.1) is 11.3 Å². The first-order chi connectivity index (χ1) is 12.6. The molecule has 1 aromatic carbocycles. The van der Waals surface area contributed by atoms with Crippen LogP contribution in [0.3, 0.4) is 0 Å². The maximum Gasteiger partial charge on any atom is 0.311 e. The molecule has 0 unspecified atom stereocenters. The third kappa shape index (κ3) is 2.97. The second-order valence-corrected chi connectivity index (χ2v) is 9.34. The number of fused-ring (bicyclic) bond motifs is 3. The van der Waals surface area contributed by atoms with Crippen LogP contribution >= 0.6 is 11.6 Å². The molecule has 27 heavy (non-hydrogen) atoms. The van der Waals surface area contributed by atoms with Crippen molar-refractivity contribution in [3.8, 4) is 0 Å². The van der Waals surface area contributed by atoms with Crippen LogP contribution in [-0.4, -0.2) is 26.0 Å². The Morgan fingerprint density at radius 3 is 2.56 bits per heavy atom. The molecule has 0 aromatic heterocycles. The van der Waals surface area contributed by atoms with E-state index in [0.29, 0.717) is 6.42 Å². The fourth-order valence-corrected chi connectivity index (χ4v) is 5.71. The molecule has 3 atom stereocenters. The molecule has 0 spiro atoms. The van der Waals surface area contributed by atoms with Crippen LogP contribution in [0.4, 0.5) is 5.69 Å². The van der Waals surface area contributed by atoms with E-state index in [0.717, 1.165) is 41.1 Å². The van der Waals surface area contributed by atoms with Gasteiger partial charge in [0, 0.05) is 24.2 Å². The van der Waals surface area contributed by atoms with Crippen molar-refractivity contribution < 1.29 is 14.3 Å². The van der Waals surface area contributed by atoms with Gasteiger partial charge in [0.05, 0.1) is 12.5 Å². The first-order valence-corrected chi connectivity index (χ1v) is 10.1. The number of ether oxygens (including phenoxy) is 1. The zero-order chi connectivity index (χ0) is 20.1. The van der Waals surface area contributed by atoms with Crippen molar-refractivity contribution in [2.24, 2.45) is 11.3 Å². The Balaban J connectivity index is 2.26. The normalized spacial score (nSPS) is 30.6. The highest BCUT2D eigenvalue weighted by Gasteiger charge is 2.56. The van der Waals surface area contributed by atoms with E-state index in [2.05, 4.69) is 26.8 Å². The Morgan fingerprint density at radius 2 is 1.96 bits per heavy atom. The molecule has 148 valence electrons. The van der Waals surface area contributed by atoms with Crippen LogP contribution in [0.2, 0.25) is 5.02 Å². The molecule has 1 heterocycles. The molecule has 3 rings (SSSR count). The number of anilines is 1. The van der Waals surface area contributed by atoms with E-state index in [1.54, 1.807) is 4.90 Å². The van der Waals surface area contributed by atoms with Crippen molar-refractivity contribution in [1.82, 2.24) is 0 Å². The molecule has 1 aliphatic heterocycles. The van der Waals surface area contributed by atoms with Gasteiger partial charge in [-0.05, 0) is 60.3 Å². The number of halogens is 1. The number of hydrogen-bond acceptors (Lipinski definition) is 3. The van der Waals surface area contributed by atoms with Gasteiger partial charge < -0.3 is 9.64 Å². The number of carbonyl (C=O) groups is 2. The second kappa shape index (κ2) is 6.80. The topological polar surface area (TPSA) is 46.6 Å². The van der Waals surface area contributed by atoms with Gasteiger partial charge in [-0.25, -0.2) is 0 Å². The minimum Gasteiger partial charge on any atom is -0.469 e. The summed E-state index contributed by atoms with van der Waals surface area (Å²) in [6.07, 6.45) is 2.92.